The van der Waals surface area contributed by atoms with Gasteiger partial charge >= 0.3 is 0 Å². The van der Waals surface area contributed by atoms with Gasteiger partial charge in [0.1, 0.15) is 11.5 Å². The molecule has 1 aliphatic rings. The van der Waals surface area contributed by atoms with E-state index in [0.29, 0.717) is 0 Å². The molecule has 0 spiro atoms. The zero-order valence-corrected chi connectivity index (χ0v) is 20.1. The van der Waals surface area contributed by atoms with Crippen LogP contribution in [0.1, 0.15) is 48.5 Å². The second-order valence-electron chi connectivity index (χ2n) is 9.97. The molecule has 2 nitrogen and oxygen atoms in total. The molecule has 30 heavy (non-hydrogen) atoms. The Balaban J connectivity index is 2.39. The smallest absolute Gasteiger partial charge is 0.171 e. The lowest BCUT2D eigenvalue weighted by Gasteiger charge is -2.29. The summed E-state index contributed by atoms with van der Waals surface area (Å²) in [5.74, 6) is 1.73. The quantitative estimate of drug-likeness (QED) is 0.492. The minimum absolute atomic E-state index is 0.162. The average molecular weight is 421 g/mol. The first-order chi connectivity index (χ1) is 13.9. The van der Waals surface area contributed by atoms with Crippen LogP contribution in [0.15, 0.2) is 95.2 Å². The maximum atomic E-state index is 15.0. The monoisotopic (exact) mass is 420 g/mol. The highest BCUT2D eigenvalue weighted by Crippen LogP contribution is 2.56. The van der Waals surface area contributed by atoms with Crippen molar-refractivity contribution in [3.63, 3.8) is 0 Å². The molecule has 0 amide bonds. The van der Waals surface area contributed by atoms with Crippen molar-refractivity contribution in [2.24, 2.45) is 10.8 Å². The Morgan fingerprint density at radius 2 is 1.07 bits per heavy atom. The highest BCUT2D eigenvalue weighted by Gasteiger charge is 2.36. The molecular formula is C27H33O2P. The maximum absolute atomic E-state index is 15.0. The van der Waals surface area contributed by atoms with Gasteiger partial charge in [-0.15, -0.1) is 0 Å². The first kappa shape index (κ1) is 22.4. The molecule has 3 rings (SSSR count). The van der Waals surface area contributed by atoms with Crippen LogP contribution in [-0.2, 0) is 9.30 Å². The molecule has 1 heterocycles. The average Bonchev–Trinajstić information content (AvgIpc) is 2.88. The van der Waals surface area contributed by atoms with Crippen LogP contribution in [0.2, 0.25) is 0 Å². The zero-order valence-electron chi connectivity index (χ0n) is 19.2. The molecule has 2 aromatic rings. The molecular weight excluding hydrogens is 387 g/mol. The third-order valence-electron chi connectivity index (χ3n) is 5.30. The van der Waals surface area contributed by atoms with Crippen LogP contribution in [0.5, 0.6) is 0 Å². The summed E-state index contributed by atoms with van der Waals surface area (Å²) in [5, 5.41) is 2.51. The summed E-state index contributed by atoms with van der Waals surface area (Å²) in [6.45, 7) is 14.9. The molecule has 0 radical (unpaired) electrons. The first-order valence-electron chi connectivity index (χ1n) is 10.5. The number of hydrogen-bond acceptors (Lipinski definition) is 2. The summed E-state index contributed by atoms with van der Waals surface area (Å²) in [5.41, 5.74) is 0.596. The topological polar surface area (TPSA) is 26.3 Å². The lowest BCUT2D eigenvalue weighted by Crippen LogP contribution is -2.19. The zero-order chi connectivity index (χ0) is 22.2. The van der Waals surface area contributed by atoms with Gasteiger partial charge in [-0.25, -0.2) is 0 Å². The summed E-state index contributed by atoms with van der Waals surface area (Å²) < 4.78 is 21.4. The highest BCUT2D eigenvalue weighted by atomic mass is 31.2. The molecule has 0 fully saturated rings. The van der Waals surface area contributed by atoms with Gasteiger partial charge in [-0.1, -0.05) is 102 Å². The highest BCUT2D eigenvalue weighted by molar-refractivity contribution is 7.82. The van der Waals surface area contributed by atoms with Crippen molar-refractivity contribution < 1.29 is 9.30 Å². The Morgan fingerprint density at radius 3 is 1.47 bits per heavy atom. The second-order valence-corrected chi connectivity index (χ2v) is 12.7. The predicted molar refractivity (Wildman–Crippen MR) is 129 cm³/mol. The summed E-state index contributed by atoms with van der Waals surface area (Å²) in [4.78, 5) is 0. The Labute approximate surface area is 181 Å². The van der Waals surface area contributed by atoms with E-state index in [1.165, 1.54) is 0 Å². The van der Waals surface area contributed by atoms with Crippen molar-refractivity contribution in [1.82, 2.24) is 0 Å². The minimum atomic E-state index is -3.09. The fraction of sp³-hybridized carbons (Fsp3) is 0.333. The minimum Gasteiger partial charge on any atom is -0.465 e. The van der Waals surface area contributed by atoms with Crippen LogP contribution in [0.25, 0.3) is 0 Å². The fourth-order valence-corrected chi connectivity index (χ4v) is 6.37. The SMILES string of the molecule is CC1=C(P(=O)(c2ccccc2)c2ccccc2)C=C(C(C)(C)C)OC(C(C)(C)C)=C1. The third kappa shape index (κ3) is 4.40. The second kappa shape index (κ2) is 8.08. The number of benzene rings is 2. The predicted octanol–water partition coefficient (Wildman–Crippen LogP) is 7.16. The van der Waals surface area contributed by atoms with Gasteiger partial charge in [0.25, 0.3) is 0 Å². The van der Waals surface area contributed by atoms with Crippen molar-refractivity contribution in [3.8, 4) is 0 Å². The van der Waals surface area contributed by atoms with Crippen LogP contribution < -0.4 is 10.6 Å². The van der Waals surface area contributed by atoms with E-state index in [1.54, 1.807) is 0 Å². The van der Waals surface area contributed by atoms with E-state index in [0.717, 1.165) is 33.0 Å². The van der Waals surface area contributed by atoms with Crippen LogP contribution in [0.3, 0.4) is 0 Å². The van der Waals surface area contributed by atoms with E-state index in [2.05, 4.69) is 47.6 Å². The van der Waals surface area contributed by atoms with Gasteiger partial charge in [-0.3, -0.25) is 0 Å². The third-order valence-corrected chi connectivity index (χ3v) is 8.51. The van der Waals surface area contributed by atoms with Gasteiger partial charge in [0.05, 0.1) is 0 Å². The van der Waals surface area contributed by atoms with Crippen LogP contribution in [0.4, 0.5) is 0 Å². The van der Waals surface area contributed by atoms with Crippen molar-refractivity contribution >= 4 is 17.8 Å². The molecule has 0 unspecified atom stereocenters. The van der Waals surface area contributed by atoms with Gasteiger partial charge in [0, 0.05) is 26.8 Å². The van der Waals surface area contributed by atoms with Gasteiger partial charge in [0.15, 0.2) is 7.14 Å². The van der Waals surface area contributed by atoms with Crippen molar-refractivity contribution in [3.05, 3.63) is 95.2 Å². The normalized spacial score (nSPS) is 15.8. The van der Waals surface area contributed by atoms with Crippen molar-refractivity contribution in [2.45, 2.75) is 48.5 Å². The Kier molecular flexibility index (Phi) is 6.03. The Morgan fingerprint density at radius 1 is 0.667 bits per heavy atom. The van der Waals surface area contributed by atoms with Crippen molar-refractivity contribution in [2.75, 3.05) is 0 Å². The lowest BCUT2D eigenvalue weighted by atomic mass is 9.91. The number of hydrogen-bond donors (Lipinski definition) is 0. The summed E-state index contributed by atoms with van der Waals surface area (Å²) in [6.07, 6.45) is 4.11. The molecule has 0 aromatic heterocycles. The van der Waals surface area contributed by atoms with Crippen LogP contribution in [0, 0.1) is 10.8 Å². The van der Waals surface area contributed by atoms with E-state index in [4.69, 9.17) is 4.74 Å². The molecule has 1 aliphatic heterocycles. The van der Waals surface area contributed by atoms with Gasteiger partial charge in [-0.2, -0.15) is 0 Å². The van der Waals surface area contributed by atoms with Gasteiger partial charge in [-0.05, 0) is 24.6 Å². The fourth-order valence-electron chi connectivity index (χ4n) is 3.47. The van der Waals surface area contributed by atoms with Gasteiger partial charge < -0.3 is 9.30 Å². The molecule has 0 N–H and O–H groups in total. The lowest BCUT2D eigenvalue weighted by molar-refractivity contribution is 0.165. The molecule has 0 saturated carbocycles. The van der Waals surface area contributed by atoms with Crippen LogP contribution >= 0.6 is 7.14 Å². The molecule has 0 aliphatic carbocycles. The molecule has 2 aromatic carbocycles. The molecule has 0 bridgehead atoms. The Bertz CT molecular complexity index is 1000. The Hall–Kier alpha value is -2.31. The van der Waals surface area contributed by atoms with E-state index in [-0.39, 0.29) is 10.8 Å². The summed E-state index contributed by atoms with van der Waals surface area (Å²) in [7, 11) is -3.09. The first-order valence-corrected chi connectivity index (χ1v) is 12.2. The summed E-state index contributed by atoms with van der Waals surface area (Å²) in [6, 6.07) is 19.6. The van der Waals surface area contributed by atoms with E-state index >= 15 is 0 Å². The largest absolute Gasteiger partial charge is 0.465 e. The molecule has 3 heteroatoms. The summed E-state index contributed by atoms with van der Waals surface area (Å²) >= 11 is 0. The number of allylic oxidation sites excluding steroid dienone is 6. The van der Waals surface area contributed by atoms with E-state index in [9.17, 15) is 4.57 Å². The van der Waals surface area contributed by atoms with Crippen molar-refractivity contribution in [1.29, 1.82) is 0 Å². The molecule has 0 saturated heterocycles. The van der Waals surface area contributed by atoms with E-state index < -0.39 is 7.14 Å². The maximum Gasteiger partial charge on any atom is 0.171 e. The van der Waals surface area contributed by atoms with Gasteiger partial charge in [0.2, 0.25) is 0 Å². The van der Waals surface area contributed by atoms with E-state index in [1.807, 2.05) is 73.7 Å². The molecule has 0 atom stereocenters. The molecule has 158 valence electrons. The number of ether oxygens (including phenoxy) is 1. The number of rotatable bonds is 3. The van der Waals surface area contributed by atoms with Crippen LogP contribution in [-0.4, -0.2) is 0 Å². The standard InChI is InChI=1S/C27H33O2P/c1-20-18-24(26(2,3)4)29-25(27(5,6)7)19-23(20)30(28,21-14-10-8-11-15-21)22-16-12-9-13-17-22/h8-19H,1-7H3.